The molecule has 0 aromatic heterocycles. The third-order valence-electron chi connectivity index (χ3n) is 2.62. The molecule has 18 heavy (non-hydrogen) atoms. The monoisotopic (exact) mass is 271 g/mol. The number of hydrogen-bond acceptors (Lipinski definition) is 3. The molecule has 1 rings (SSSR count). The van der Waals surface area contributed by atoms with Gasteiger partial charge in [0.05, 0.1) is 6.54 Å². The zero-order chi connectivity index (χ0) is 13.8. The van der Waals surface area contributed by atoms with Gasteiger partial charge >= 0.3 is 0 Å². The number of carbonyl (C=O) groups excluding carboxylic acids is 1. The Labute approximate surface area is 114 Å². The zero-order valence-corrected chi connectivity index (χ0v) is 12.9. The number of aliphatic imine (C=N–C) groups is 1. The van der Waals surface area contributed by atoms with E-state index >= 15 is 0 Å². The second-order valence-electron chi connectivity index (χ2n) is 6.04. The molecular weight excluding hydrogens is 246 g/mol. The van der Waals surface area contributed by atoms with E-state index in [1.807, 2.05) is 20.8 Å². The normalized spacial score (nSPS) is 22.3. The molecule has 0 aromatic carbocycles. The lowest BCUT2D eigenvalue weighted by molar-refractivity contribution is -0.122. The van der Waals surface area contributed by atoms with Crippen LogP contribution in [0.25, 0.3) is 0 Å². The summed E-state index contributed by atoms with van der Waals surface area (Å²) in [5.41, 5.74) is -0.159. The van der Waals surface area contributed by atoms with E-state index in [0.717, 1.165) is 10.9 Å². The topological polar surface area (TPSA) is 53.5 Å². The van der Waals surface area contributed by atoms with Crippen LogP contribution in [0.5, 0.6) is 0 Å². The fourth-order valence-electron chi connectivity index (χ4n) is 1.60. The standard InChI is InChI=1S/C13H25N3OS/c1-9(2)10-8-18-12(15-10)14-7-6-11(17)16-13(3,4)5/h9-10H,6-8H2,1-5H3,(H,14,15)(H,16,17). The predicted molar refractivity (Wildman–Crippen MR) is 79.0 cm³/mol. The number of rotatable bonds is 4. The molecule has 0 saturated carbocycles. The van der Waals surface area contributed by atoms with E-state index in [4.69, 9.17) is 0 Å². The number of nitrogens with zero attached hydrogens (tertiary/aromatic N) is 1. The van der Waals surface area contributed by atoms with Crippen molar-refractivity contribution in [2.45, 2.75) is 52.6 Å². The molecule has 0 aromatic rings. The first-order valence-electron chi connectivity index (χ1n) is 6.53. The molecule has 2 N–H and O–H groups in total. The molecule has 1 aliphatic rings. The summed E-state index contributed by atoms with van der Waals surface area (Å²) >= 11 is 1.75. The Morgan fingerprint density at radius 2 is 2.22 bits per heavy atom. The molecular formula is C13H25N3OS. The third-order valence-corrected chi connectivity index (χ3v) is 3.67. The van der Waals surface area contributed by atoms with Gasteiger partial charge in [0.1, 0.15) is 0 Å². The molecule has 1 amide bonds. The molecule has 104 valence electrons. The van der Waals surface area contributed by atoms with E-state index in [-0.39, 0.29) is 11.4 Å². The van der Waals surface area contributed by atoms with Crippen LogP contribution in [0, 0.1) is 5.92 Å². The minimum Gasteiger partial charge on any atom is -0.361 e. The summed E-state index contributed by atoms with van der Waals surface area (Å²) in [6.07, 6.45) is 0.454. The number of amidine groups is 1. The highest BCUT2D eigenvalue weighted by molar-refractivity contribution is 8.14. The molecule has 1 unspecified atom stereocenters. The van der Waals surface area contributed by atoms with Crippen molar-refractivity contribution in [3.05, 3.63) is 0 Å². The summed E-state index contributed by atoms with van der Waals surface area (Å²) in [6.45, 7) is 10.9. The van der Waals surface area contributed by atoms with Crippen LogP contribution in [0.1, 0.15) is 41.0 Å². The van der Waals surface area contributed by atoms with Crippen LogP contribution in [0.2, 0.25) is 0 Å². The van der Waals surface area contributed by atoms with Crippen molar-refractivity contribution < 1.29 is 4.79 Å². The maximum absolute atomic E-state index is 11.6. The molecule has 4 nitrogen and oxygen atoms in total. The van der Waals surface area contributed by atoms with Crippen LogP contribution in [0.3, 0.4) is 0 Å². The summed E-state index contributed by atoms with van der Waals surface area (Å²) in [5.74, 6) is 1.76. The van der Waals surface area contributed by atoms with Gasteiger partial charge in [-0.25, -0.2) is 0 Å². The van der Waals surface area contributed by atoms with E-state index in [0.29, 0.717) is 24.9 Å². The van der Waals surface area contributed by atoms with E-state index in [1.165, 1.54) is 0 Å². The predicted octanol–water partition coefficient (Wildman–Crippen LogP) is 2.01. The Bertz CT molecular complexity index is 321. The summed E-state index contributed by atoms with van der Waals surface area (Å²) in [7, 11) is 0. The Morgan fingerprint density at radius 3 is 2.72 bits per heavy atom. The molecule has 1 aliphatic heterocycles. The van der Waals surface area contributed by atoms with Gasteiger partial charge in [-0.2, -0.15) is 0 Å². The number of thioether (sulfide) groups is 1. The van der Waals surface area contributed by atoms with Gasteiger partial charge in [0.15, 0.2) is 5.17 Å². The van der Waals surface area contributed by atoms with Crippen molar-refractivity contribution in [2.75, 3.05) is 12.3 Å². The lowest BCUT2D eigenvalue weighted by Gasteiger charge is -2.20. The highest BCUT2D eigenvalue weighted by Gasteiger charge is 2.22. The number of amides is 1. The SMILES string of the molecule is CC(C)C1CSC(=NCCC(=O)NC(C)(C)C)N1. The summed E-state index contributed by atoms with van der Waals surface area (Å²) in [5, 5.41) is 7.31. The van der Waals surface area contributed by atoms with E-state index in [1.54, 1.807) is 11.8 Å². The summed E-state index contributed by atoms with van der Waals surface area (Å²) in [4.78, 5) is 16.0. The third kappa shape index (κ3) is 5.76. The molecule has 0 spiro atoms. The van der Waals surface area contributed by atoms with Crippen LogP contribution >= 0.6 is 11.8 Å². The molecule has 0 radical (unpaired) electrons. The molecule has 5 heteroatoms. The Morgan fingerprint density at radius 1 is 1.56 bits per heavy atom. The van der Waals surface area contributed by atoms with Gasteiger partial charge in [-0.05, 0) is 26.7 Å². The Balaban J connectivity index is 2.28. The molecule has 1 atom stereocenters. The van der Waals surface area contributed by atoms with Crippen LogP contribution in [-0.4, -0.2) is 35.0 Å². The van der Waals surface area contributed by atoms with Crippen LogP contribution < -0.4 is 10.6 Å². The van der Waals surface area contributed by atoms with Crippen LogP contribution in [0.4, 0.5) is 0 Å². The van der Waals surface area contributed by atoms with Gasteiger partial charge in [0.2, 0.25) is 5.91 Å². The van der Waals surface area contributed by atoms with Gasteiger partial charge in [0.25, 0.3) is 0 Å². The number of carbonyl (C=O) groups is 1. The van der Waals surface area contributed by atoms with Crippen molar-refractivity contribution >= 4 is 22.8 Å². The van der Waals surface area contributed by atoms with E-state index < -0.39 is 0 Å². The van der Waals surface area contributed by atoms with E-state index in [9.17, 15) is 4.79 Å². The molecule has 1 heterocycles. The van der Waals surface area contributed by atoms with Crippen molar-refractivity contribution in [3.63, 3.8) is 0 Å². The second-order valence-corrected chi connectivity index (χ2v) is 7.05. The van der Waals surface area contributed by atoms with Crippen molar-refractivity contribution in [2.24, 2.45) is 10.9 Å². The quantitative estimate of drug-likeness (QED) is 0.822. The first-order valence-corrected chi connectivity index (χ1v) is 7.51. The maximum atomic E-state index is 11.6. The highest BCUT2D eigenvalue weighted by atomic mass is 32.2. The molecule has 0 bridgehead atoms. The largest absolute Gasteiger partial charge is 0.361 e. The van der Waals surface area contributed by atoms with Gasteiger partial charge in [-0.1, -0.05) is 25.6 Å². The van der Waals surface area contributed by atoms with Crippen molar-refractivity contribution in [1.82, 2.24) is 10.6 Å². The maximum Gasteiger partial charge on any atom is 0.222 e. The van der Waals surface area contributed by atoms with Gasteiger partial charge < -0.3 is 10.6 Å². The smallest absolute Gasteiger partial charge is 0.222 e. The van der Waals surface area contributed by atoms with Gasteiger partial charge in [0, 0.05) is 23.8 Å². The second kappa shape index (κ2) is 6.45. The fraction of sp³-hybridized carbons (Fsp3) is 0.846. The average Bonchev–Trinajstić information content (AvgIpc) is 2.63. The molecule has 0 aliphatic carbocycles. The van der Waals surface area contributed by atoms with E-state index in [2.05, 4.69) is 29.5 Å². The average molecular weight is 271 g/mol. The zero-order valence-electron chi connectivity index (χ0n) is 12.0. The number of hydrogen-bond donors (Lipinski definition) is 2. The Kier molecular flexibility index (Phi) is 5.50. The fourth-order valence-corrected chi connectivity index (χ4v) is 2.82. The lowest BCUT2D eigenvalue weighted by atomic mass is 10.1. The minimum absolute atomic E-state index is 0.0651. The number of nitrogens with one attached hydrogen (secondary N) is 2. The van der Waals surface area contributed by atoms with Gasteiger partial charge in [-0.15, -0.1) is 0 Å². The first-order chi connectivity index (χ1) is 8.28. The lowest BCUT2D eigenvalue weighted by Crippen LogP contribution is -2.40. The van der Waals surface area contributed by atoms with Crippen LogP contribution in [-0.2, 0) is 4.79 Å². The molecule has 1 fully saturated rings. The Hall–Kier alpha value is -0.710. The minimum atomic E-state index is -0.159. The highest BCUT2D eigenvalue weighted by Crippen LogP contribution is 2.18. The summed E-state index contributed by atoms with van der Waals surface area (Å²) in [6, 6.07) is 0.511. The van der Waals surface area contributed by atoms with Crippen molar-refractivity contribution in [1.29, 1.82) is 0 Å². The first kappa shape index (κ1) is 15.3. The molecule has 1 saturated heterocycles. The van der Waals surface area contributed by atoms with Crippen LogP contribution in [0.15, 0.2) is 4.99 Å². The van der Waals surface area contributed by atoms with Gasteiger partial charge in [-0.3, -0.25) is 9.79 Å². The summed E-state index contributed by atoms with van der Waals surface area (Å²) < 4.78 is 0. The van der Waals surface area contributed by atoms with Crippen molar-refractivity contribution in [3.8, 4) is 0 Å².